The van der Waals surface area contributed by atoms with E-state index in [4.69, 9.17) is 35.3 Å². The molecule has 1 aromatic carbocycles. The number of halogens is 1. The second-order valence-corrected chi connectivity index (χ2v) is 9.92. The average Bonchev–Trinajstić information content (AvgIpc) is 2.98. The van der Waals surface area contributed by atoms with Gasteiger partial charge in [0.2, 0.25) is 0 Å². The summed E-state index contributed by atoms with van der Waals surface area (Å²) in [6, 6.07) is 6.81. The third kappa shape index (κ3) is 7.19. The van der Waals surface area contributed by atoms with Crippen LogP contribution in [0.2, 0.25) is 5.02 Å². The molecule has 0 amide bonds. The van der Waals surface area contributed by atoms with Crippen molar-refractivity contribution in [2.75, 3.05) is 13.2 Å². The predicted molar refractivity (Wildman–Crippen MR) is 137 cm³/mol. The predicted octanol–water partition coefficient (Wildman–Crippen LogP) is -1.35. The van der Waals surface area contributed by atoms with Gasteiger partial charge in [0.05, 0.1) is 23.7 Å². The van der Waals surface area contributed by atoms with Crippen molar-refractivity contribution in [1.29, 1.82) is 0 Å². The van der Waals surface area contributed by atoms with Crippen molar-refractivity contribution >= 4 is 23.3 Å². The molecule has 3 heterocycles. The van der Waals surface area contributed by atoms with Gasteiger partial charge in [0, 0.05) is 18.5 Å². The van der Waals surface area contributed by atoms with E-state index in [0.29, 0.717) is 0 Å². The molecular formula is C25H29ClN2O14. The summed E-state index contributed by atoms with van der Waals surface area (Å²) in [7, 11) is 0. The molecule has 0 unspecified atom stereocenters. The molecule has 2 fully saturated rings. The van der Waals surface area contributed by atoms with E-state index in [-0.39, 0.29) is 28.4 Å². The Bertz CT molecular complexity index is 1220. The highest BCUT2D eigenvalue weighted by molar-refractivity contribution is 6.32. The van der Waals surface area contributed by atoms with Gasteiger partial charge in [-0.15, -0.1) is 0 Å². The van der Waals surface area contributed by atoms with Gasteiger partial charge >= 0.3 is 5.97 Å². The smallest absolute Gasteiger partial charge is 0.339 e. The summed E-state index contributed by atoms with van der Waals surface area (Å²) in [6.07, 6.45) is -13.7. The lowest BCUT2D eigenvalue weighted by molar-refractivity contribution is -0.384. The zero-order valence-electron chi connectivity index (χ0n) is 21.7. The number of hydrogen-bond acceptors (Lipinski definition) is 15. The number of ether oxygens (including phenoxy) is 5. The van der Waals surface area contributed by atoms with Crippen LogP contribution in [0, 0.1) is 10.1 Å². The van der Waals surface area contributed by atoms with Crippen LogP contribution in [0.3, 0.4) is 0 Å². The van der Waals surface area contributed by atoms with E-state index in [1.54, 1.807) is 0 Å². The zero-order valence-corrected chi connectivity index (χ0v) is 22.4. The third-order valence-electron chi connectivity index (χ3n) is 6.70. The molecule has 1 aromatic heterocycles. The maximum absolute atomic E-state index is 12.3. The van der Waals surface area contributed by atoms with Gasteiger partial charge in [-0.05, 0) is 23.8 Å². The quantitative estimate of drug-likeness (QED) is 0.103. The Labute approximate surface area is 242 Å². The standard InChI is InChI=1S/C25H29ClN2O14/c26-13-4-3-11(6-14(13)28(36)37)9-38-22-20(33)21(15(8-29)40-24(22)35)42-25-19(32)18(31)17(30)16(41-25)10-39-23(34)12-2-1-5-27-7-12/h1-7,15-22,24-25,29-33,35H,8-10H2/t15-,16-,17-,18+,19-,20+,21-,22-,24-,25-/m1/s1. The van der Waals surface area contributed by atoms with Gasteiger partial charge in [-0.2, -0.15) is 0 Å². The number of hydrogen-bond donors (Lipinski definition) is 6. The Morgan fingerprint density at radius 1 is 1.02 bits per heavy atom. The molecule has 230 valence electrons. The summed E-state index contributed by atoms with van der Waals surface area (Å²) in [6.45, 7) is -1.67. The fraction of sp³-hybridized carbons (Fsp3) is 0.520. The monoisotopic (exact) mass is 616 g/mol. The van der Waals surface area contributed by atoms with Crippen molar-refractivity contribution in [3.8, 4) is 0 Å². The first-order valence-electron chi connectivity index (χ1n) is 12.6. The lowest BCUT2D eigenvalue weighted by Gasteiger charge is -2.46. The van der Waals surface area contributed by atoms with E-state index in [1.165, 1.54) is 36.7 Å². The van der Waals surface area contributed by atoms with Gasteiger partial charge < -0.3 is 54.3 Å². The second-order valence-electron chi connectivity index (χ2n) is 9.51. The Morgan fingerprint density at radius 3 is 2.45 bits per heavy atom. The van der Waals surface area contributed by atoms with E-state index in [0.717, 1.165) is 6.07 Å². The maximum atomic E-state index is 12.3. The Hall–Kier alpha value is -2.87. The summed E-state index contributed by atoms with van der Waals surface area (Å²) in [5.74, 6) is -0.798. The van der Waals surface area contributed by atoms with E-state index in [9.17, 15) is 45.5 Å². The first kappa shape index (κ1) is 32.1. The van der Waals surface area contributed by atoms with E-state index in [1.807, 2.05) is 0 Å². The molecule has 0 spiro atoms. The van der Waals surface area contributed by atoms with Crippen molar-refractivity contribution < 1.29 is 64.0 Å². The van der Waals surface area contributed by atoms with Gasteiger partial charge in [0.25, 0.3) is 5.69 Å². The summed E-state index contributed by atoms with van der Waals surface area (Å²) < 4.78 is 27.2. The number of pyridine rings is 1. The number of rotatable bonds is 10. The average molecular weight is 617 g/mol. The van der Waals surface area contributed by atoms with Crippen LogP contribution in [-0.4, -0.2) is 121 Å². The van der Waals surface area contributed by atoms with Crippen molar-refractivity contribution in [2.45, 2.75) is 68.0 Å². The van der Waals surface area contributed by atoms with E-state index >= 15 is 0 Å². The number of aliphatic hydroxyl groups is 6. The Balaban J connectivity index is 1.44. The molecule has 0 aliphatic carbocycles. The van der Waals surface area contributed by atoms with E-state index < -0.39 is 85.5 Å². The lowest BCUT2D eigenvalue weighted by Crippen LogP contribution is -2.64. The SMILES string of the molecule is O=C(OC[C@H]1O[C@H](O[C@H]2[C@H](O)[C@@H](OCc3ccc(Cl)c([N+](=O)[O-])c3)[C@H](O)O[C@@H]2CO)[C@H](O)[C@@H](O)[C@@H]1O)c1cccnc1. The number of nitrogens with zero attached hydrogens (tertiary/aromatic N) is 2. The van der Waals surface area contributed by atoms with Crippen LogP contribution < -0.4 is 0 Å². The molecule has 0 radical (unpaired) electrons. The normalized spacial score (nSPS) is 33.2. The van der Waals surface area contributed by atoms with Crippen molar-refractivity contribution in [1.82, 2.24) is 4.98 Å². The maximum Gasteiger partial charge on any atom is 0.339 e. The fourth-order valence-electron chi connectivity index (χ4n) is 4.43. The van der Waals surface area contributed by atoms with Gasteiger partial charge in [0.1, 0.15) is 60.5 Å². The number of aliphatic hydroxyl groups excluding tert-OH is 6. The Kier molecular flexibility index (Phi) is 10.7. The molecule has 42 heavy (non-hydrogen) atoms. The molecule has 2 aliphatic rings. The lowest BCUT2D eigenvalue weighted by atomic mass is 9.97. The van der Waals surface area contributed by atoms with Crippen LogP contribution in [-0.2, 0) is 30.3 Å². The summed E-state index contributed by atoms with van der Waals surface area (Å²) in [4.78, 5) is 26.5. The van der Waals surface area contributed by atoms with Gasteiger partial charge in [0.15, 0.2) is 12.6 Å². The number of carbonyl (C=O) groups excluding carboxylic acids is 1. The van der Waals surface area contributed by atoms with Gasteiger partial charge in [-0.25, -0.2) is 4.79 Å². The van der Waals surface area contributed by atoms with Crippen LogP contribution in [0.1, 0.15) is 15.9 Å². The largest absolute Gasteiger partial charge is 0.459 e. The van der Waals surface area contributed by atoms with Gasteiger partial charge in [-0.3, -0.25) is 15.1 Å². The number of aromatic nitrogens is 1. The van der Waals surface area contributed by atoms with Crippen LogP contribution in [0.5, 0.6) is 0 Å². The summed E-state index contributed by atoms with van der Waals surface area (Å²) in [5.41, 5.74) is 0.00600. The molecule has 2 aliphatic heterocycles. The molecule has 0 saturated carbocycles. The molecule has 2 aromatic rings. The highest BCUT2D eigenvalue weighted by atomic mass is 35.5. The van der Waals surface area contributed by atoms with E-state index in [2.05, 4.69) is 4.98 Å². The molecule has 2 saturated heterocycles. The third-order valence-corrected chi connectivity index (χ3v) is 7.02. The molecule has 17 heteroatoms. The van der Waals surface area contributed by atoms with Crippen LogP contribution in [0.4, 0.5) is 5.69 Å². The number of carbonyl (C=O) groups is 1. The molecule has 0 bridgehead atoms. The van der Waals surface area contributed by atoms with Gasteiger partial charge in [-0.1, -0.05) is 17.7 Å². The summed E-state index contributed by atoms with van der Waals surface area (Å²) >= 11 is 5.82. The Morgan fingerprint density at radius 2 is 1.79 bits per heavy atom. The minimum atomic E-state index is -1.86. The number of benzene rings is 1. The van der Waals surface area contributed by atoms with Crippen molar-refractivity contribution in [3.63, 3.8) is 0 Å². The molecule has 10 atom stereocenters. The molecular weight excluding hydrogens is 588 g/mol. The minimum Gasteiger partial charge on any atom is -0.459 e. The van der Waals surface area contributed by atoms with Crippen LogP contribution in [0.15, 0.2) is 42.7 Å². The molecule has 4 rings (SSSR count). The number of esters is 1. The first-order chi connectivity index (χ1) is 20.0. The zero-order chi connectivity index (χ0) is 30.6. The van der Waals surface area contributed by atoms with Crippen molar-refractivity contribution in [3.05, 3.63) is 69.0 Å². The van der Waals surface area contributed by atoms with Crippen molar-refractivity contribution in [2.24, 2.45) is 0 Å². The highest BCUT2D eigenvalue weighted by Gasteiger charge is 2.51. The molecule has 16 nitrogen and oxygen atoms in total. The minimum absolute atomic E-state index is 0.104. The second kappa shape index (κ2) is 14.1. The number of nitro groups is 1. The number of nitro benzene ring substituents is 1. The molecule has 6 N–H and O–H groups in total. The summed E-state index contributed by atoms with van der Waals surface area (Å²) in [5, 5.41) is 73.6. The first-order valence-corrected chi connectivity index (χ1v) is 13.0. The van der Waals surface area contributed by atoms with Crippen LogP contribution >= 0.6 is 11.6 Å². The topological polar surface area (TPSA) is 241 Å². The fourth-order valence-corrected chi connectivity index (χ4v) is 4.62. The highest BCUT2D eigenvalue weighted by Crippen LogP contribution is 2.31. The van der Waals surface area contributed by atoms with Crippen LogP contribution in [0.25, 0.3) is 0 Å².